The van der Waals surface area contributed by atoms with Crippen molar-refractivity contribution in [3.05, 3.63) is 38.7 Å². The Balaban J connectivity index is 0.000000390. The van der Waals surface area contributed by atoms with Crippen LogP contribution in [-0.4, -0.2) is 41.3 Å². The normalized spacial score (nSPS) is 16.6. The van der Waals surface area contributed by atoms with E-state index in [1.165, 1.54) is 11.3 Å². The minimum absolute atomic E-state index is 0.400. The maximum Gasteiger partial charge on any atom is 0.181 e. The molecule has 3 rings (SSSR count). The number of benzene rings is 1. The Bertz CT molecular complexity index is 804. The van der Waals surface area contributed by atoms with Crippen molar-refractivity contribution >= 4 is 29.1 Å². The lowest BCUT2D eigenvalue weighted by molar-refractivity contribution is 0.163. The lowest BCUT2D eigenvalue weighted by atomic mass is 10.1. The number of piperidine rings is 1. The van der Waals surface area contributed by atoms with Gasteiger partial charge in [0.15, 0.2) is 5.13 Å². The maximum absolute atomic E-state index is 12.4. The van der Waals surface area contributed by atoms with Crippen molar-refractivity contribution in [3.8, 4) is 5.75 Å². The van der Waals surface area contributed by atoms with Crippen LogP contribution in [0.3, 0.4) is 0 Å². The molecule has 4 nitrogen and oxygen atoms in total. The lowest BCUT2D eigenvalue weighted by Gasteiger charge is -2.24. The minimum Gasteiger partial charge on any atom is -0.508 e. The molecule has 2 aromatic rings. The predicted molar refractivity (Wildman–Crippen MR) is 127 cm³/mol. The van der Waals surface area contributed by atoms with Gasteiger partial charge in [0.2, 0.25) is 0 Å². The van der Waals surface area contributed by atoms with Crippen molar-refractivity contribution < 1.29 is 9.50 Å². The summed E-state index contributed by atoms with van der Waals surface area (Å²) in [5, 5.41) is 10.6. The summed E-state index contributed by atoms with van der Waals surface area (Å²) in [7, 11) is 1.96. The van der Waals surface area contributed by atoms with Crippen molar-refractivity contribution in [2.45, 2.75) is 60.6 Å². The second kappa shape index (κ2) is 14.1. The van der Waals surface area contributed by atoms with E-state index in [2.05, 4.69) is 17.6 Å². The molecule has 0 amide bonds. The van der Waals surface area contributed by atoms with Gasteiger partial charge in [-0.15, -0.1) is 0 Å². The van der Waals surface area contributed by atoms with E-state index in [1.54, 1.807) is 6.07 Å². The van der Waals surface area contributed by atoms with Crippen LogP contribution in [0.1, 0.15) is 50.3 Å². The first-order valence-corrected chi connectivity index (χ1v) is 10.9. The van der Waals surface area contributed by atoms with Gasteiger partial charge in [-0.25, -0.2) is 9.37 Å². The third-order valence-electron chi connectivity index (χ3n) is 4.36. The summed E-state index contributed by atoms with van der Waals surface area (Å²) in [4.78, 5) is 5.97. The van der Waals surface area contributed by atoms with Gasteiger partial charge in [0.25, 0.3) is 0 Å². The number of thiazole rings is 1. The van der Waals surface area contributed by atoms with Gasteiger partial charge in [0.1, 0.15) is 11.9 Å². The number of nitrogens with zero attached hydrogens (tertiary/aromatic N) is 2. The number of halogens is 1. The standard InChI is InChI=1S/C9H12O.C6H12FN.C6H8N2S.C2H6/c1-6-4-7(2)8(3)9(10)5-6;1-8-4-2-3-6(7)5-8;1-3-5-4(2)8-6(7)9-5;1-2/h4-5,10H,1-3H3;6H,2-5H2,1H3;3H,2H2,1H3,(H2,7,8);1-2H3/b;;5-3+;. The summed E-state index contributed by atoms with van der Waals surface area (Å²) >= 11 is 1.46. The Morgan fingerprint density at radius 1 is 1.31 bits per heavy atom. The fraction of sp³-hybridized carbons (Fsp3) is 0.522. The van der Waals surface area contributed by atoms with Gasteiger partial charge < -0.3 is 15.7 Å². The molecule has 2 heterocycles. The van der Waals surface area contributed by atoms with Crippen molar-refractivity contribution in [1.82, 2.24) is 9.88 Å². The number of alkyl halides is 1. The molecule has 0 spiro atoms. The van der Waals surface area contributed by atoms with Crippen molar-refractivity contribution in [2.75, 3.05) is 25.9 Å². The third-order valence-corrected chi connectivity index (χ3v) is 5.35. The molecule has 0 bridgehead atoms. The molecule has 3 N–H and O–H groups in total. The number of nitrogen functional groups attached to an aromatic ring is 1. The highest BCUT2D eigenvalue weighted by molar-refractivity contribution is 7.13. The first kappa shape index (κ1) is 27.1. The van der Waals surface area contributed by atoms with Crippen LogP contribution in [-0.2, 0) is 0 Å². The highest BCUT2D eigenvalue weighted by Crippen LogP contribution is 2.20. The number of aromatic hydroxyl groups is 1. The quantitative estimate of drug-likeness (QED) is 0.662. The molecular formula is C23H38FN3OS. The van der Waals surface area contributed by atoms with Crippen LogP contribution in [0.15, 0.2) is 12.1 Å². The Labute approximate surface area is 179 Å². The third kappa shape index (κ3) is 10.4. The number of hydrogen-bond acceptors (Lipinski definition) is 5. The molecule has 1 aliphatic rings. The summed E-state index contributed by atoms with van der Waals surface area (Å²) in [5.41, 5.74) is 8.64. The maximum atomic E-state index is 12.4. The molecule has 1 saturated heterocycles. The molecule has 6 heteroatoms. The first-order valence-electron chi connectivity index (χ1n) is 10.1. The molecule has 29 heavy (non-hydrogen) atoms. The first-order chi connectivity index (χ1) is 13.6. The van der Waals surface area contributed by atoms with Crippen LogP contribution >= 0.6 is 11.3 Å². The summed E-state index contributed by atoms with van der Waals surface area (Å²) in [5.74, 6) is 0.400. The van der Waals surface area contributed by atoms with Crippen molar-refractivity contribution in [2.24, 2.45) is 0 Å². The van der Waals surface area contributed by atoms with Crippen LogP contribution < -0.4 is 15.6 Å². The lowest BCUT2D eigenvalue weighted by Crippen LogP contribution is -2.32. The number of rotatable bonds is 0. The van der Waals surface area contributed by atoms with Crippen molar-refractivity contribution in [3.63, 3.8) is 0 Å². The van der Waals surface area contributed by atoms with Crippen LogP contribution in [0.5, 0.6) is 5.75 Å². The highest BCUT2D eigenvalue weighted by Gasteiger charge is 2.14. The number of anilines is 1. The van der Waals surface area contributed by atoms with Crippen LogP contribution in [0.2, 0.25) is 0 Å². The van der Waals surface area contributed by atoms with Crippen LogP contribution in [0, 0.1) is 20.8 Å². The second-order valence-corrected chi connectivity index (χ2v) is 7.94. The molecule has 1 fully saturated rings. The topological polar surface area (TPSA) is 62.4 Å². The molecule has 0 saturated carbocycles. The highest BCUT2D eigenvalue weighted by atomic mass is 32.1. The number of aryl methyl sites for hydroxylation is 2. The Hall–Kier alpha value is -1.92. The van der Waals surface area contributed by atoms with Gasteiger partial charge in [-0.3, -0.25) is 0 Å². The summed E-state index contributed by atoms with van der Waals surface area (Å²) in [6, 6.07) is 3.84. The summed E-state index contributed by atoms with van der Waals surface area (Å²) in [6.45, 7) is 17.3. The number of nitrogens with two attached hydrogens (primary N) is 1. The summed E-state index contributed by atoms with van der Waals surface area (Å²) < 4.78 is 13.5. The zero-order valence-electron chi connectivity index (χ0n) is 19.1. The Kier molecular flexibility index (Phi) is 13.2. The monoisotopic (exact) mass is 423 g/mol. The van der Waals surface area contributed by atoms with E-state index in [4.69, 9.17) is 5.73 Å². The number of aromatic nitrogens is 1. The average molecular weight is 424 g/mol. The fourth-order valence-corrected chi connectivity index (χ4v) is 3.39. The molecule has 1 aromatic carbocycles. The molecule has 1 unspecified atom stereocenters. The molecular weight excluding hydrogens is 385 g/mol. The fourth-order valence-electron chi connectivity index (χ4n) is 2.73. The summed E-state index contributed by atoms with van der Waals surface area (Å²) in [6.07, 6.45) is 3.19. The Morgan fingerprint density at radius 2 is 1.93 bits per heavy atom. The van der Waals surface area contributed by atoms with E-state index in [0.29, 0.717) is 17.4 Å². The van der Waals surface area contributed by atoms with E-state index in [1.807, 2.05) is 59.6 Å². The molecule has 1 aromatic heterocycles. The van der Waals surface area contributed by atoms with Gasteiger partial charge in [-0.05, 0) is 76.9 Å². The zero-order chi connectivity index (χ0) is 22.6. The van der Waals surface area contributed by atoms with Gasteiger partial charge in [-0.2, -0.15) is 0 Å². The zero-order valence-corrected chi connectivity index (χ0v) is 19.9. The van der Waals surface area contributed by atoms with Gasteiger partial charge >= 0.3 is 0 Å². The number of phenolic OH excluding ortho intramolecular Hbond substituents is 1. The van der Waals surface area contributed by atoms with Gasteiger partial charge in [0.05, 0.1) is 9.88 Å². The van der Waals surface area contributed by atoms with Crippen LogP contribution in [0.4, 0.5) is 9.52 Å². The molecule has 164 valence electrons. The van der Waals surface area contributed by atoms with E-state index in [9.17, 15) is 9.50 Å². The minimum atomic E-state index is -0.561. The Morgan fingerprint density at radius 3 is 2.28 bits per heavy atom. The van der Waals surface area contributed by atoms with Gasteiger partial charge in [0, 0.05) is 6.54 Å². The SMILES string of the molecule is C=c1nc(N)s/c1=C/C.CC.CN1CCCC(F)C1.Cc1cc(C)c(C)c(O)c1. The second-order valence-electron chi connectivity index (χ2n) is 6.88. The molecule has 1 aliphatic heterocycles. The molecule has 1 atom stereocenters. The number of likely N-dealkylation sites (tertiary alicyclic amines) is 1. The molecule has 0 radical (unpaired) electrons. The van der Waals surface area contributed by atoms with Gasteiger partial charge in [-0.1, -0.05) is 43.9 Å². The smallest absolute Gasteiger partial charge is 0.181 e. The predicted octanol–water partition coefficient (Wildman–Crippen LogP) is 4.33. The largest absolute Gasteiger partial charge is 0.508 e. The number of hydrogen-bond donors (Lipinski definition) is 2. The van der Waals surface area contributed by atoms with Crippen LogP contribution in [0.25, 0.3) is 12.7 Å². The van der Waals surface area contributed by atoms with E-state index >= 15 is 0 Å². The average Bonchev–Trinajstić information content (AvgIpc) is 2.99. The van der Waals surface area contributed by atoms with Crippen molar-refractivity contribution in [1.29, 1.82) is 0 Å². The van der Waals surface area contributed by atoms with E-state index < -0.39 is 6.17 Å². The molecule has 0 aliphatic carbocycles. The van der Waals surface area contributed by atoms with E-state index in [-0.39, 0.29) is 0 Å². The van der Waals surface area contributed by atoms with E-state index in [0.717, 1.165) is 46.0 Å². The number of phenols is 1.